The van der Waals surface area contributed by atoms with Crippen molar-refractivity contribution < 1.29 is 9.53 Å². The lowest BCUT2D eigenvalue weighted by molar-refractivity contribution is -0.150. The lowest BCUT2D eigenvalue weighted by Crippen LogP contribution is -2.36. The number of hydrogen-bond acceptors (Lipinski definition) is 2. The van der Waals surface area contributed by atoms with Gasteiger partial charge in [0, 0.05) is 0 Å². The Labute approximate surface area is 92.0 Å². The second-order valence-corrected chi connectivity index (χ2v) is 4.85. The summed E-state index contributed by atoms with van der Waals surface area (Å²) in [5.41, 5.74) is 0.994. The first-order valence-corrected chi connectivity index (χ1v) is 5.44. The zero-order valence-corrected chi connectivity index (χ0v) is 9.71. The molecule has 0 unspecified atom stereocenters. The Bertz CT molecular complexity index is 276. The van der Waals surface area contributed by atoms with Crippen LogP contribution in [0, 0.1) is 11.3 Å². The molecule has 0 aliphatic heterocycles. The molecule has 1 saturated carbocycles. The van der Waals surface area contributed by atoms with Crippen molar-refractivity contribution >= 4 is 5.97 Å². The van der Waals surface area contributed by atoms with Gasteiger partial charge < -0.3 is 4.74 Å². The Morgan fingerprint density at radius 3 is 2.87 bits per heavy atom. The quantitative estimate of drug-likeness (QED) is 0.526. The molecular weight excluding hydrogens is 188 g/mol. The van der Waals surface area contributed by atoms with E-state index in [0.29, 0.717) is 6.61 Å². The molecule has 2 heteroatoms. The first-order chi connectivity index (χ1) is 6.99. The molecule has 0 radical (unpaired) electrons. The second kappa shape index (κ2) is 4.65. The molecule has 1 fully saturated rings. The van der Waals surface area contributed by atoms with Crippen LogP contribution in [0.5, 0.6) is 0 Å². The van der Waals surface area contributed by atoms with Crippen LogP contribution in [0.1, 0.15) is 33.1 Å². The summed E-state index contributed by atoms with van der Waals surface area (Å²) in [6, 6.07) is 0. The summed E-state index contributed by atoms with van der Waals surface area (Å²) in [6.07, 6.45) is 4.71. The third-order valence-corrected chi connectivity index (χ3v) is 3.09. The van der Waals surface area contributed by atoms with Crippen molar-refractivity contribution in [3.05, 3.63) is 24.8 Å². The van der Waals surface area contributed by atoms with Crippen molar-refractivity contribution in [3.8, 4) is 0 Å². The average Bonchev–Trinajstić information content (AvgIpc) is 2.13. The van der Waals surface area contributed by atoms with Gasteiger partial charge in [0.1, 0.15) is 6.61 Å². The molecule has 0 heterocycles. The number of esters is 1. The van der Waals surface area contributed by atoms with Crippen LogP contribution in [-0.4, -0.2) is 12.6 Å². The van der Waals surface area contributed by atoms with Gasteiger partial charge in [-0.3, -0.25) is 4.79 Å². The summed E-state index contributed by atoms with van der Waals surface area (Å²) < 4.78 is 5.12. The van der Waals surface area contributed by atoms with Crippen LogP contribution >= 0.6 is 0 Å². The molecular formula is C13H20O2. The minimum Gasteiger partial charge on any atom is -0.461 e. The van der Waals surface area contributed by atoms with Crippen LogP contribution in [-0.2, 0) is 9.53 Å². The topological polar surface area (TPSA) is 26.3 Å². The summed E-state index contributed by atoms with van der Waals surface area (Å²) in [5.74, 6) is -0.296. The molecule has 0 spiro atoms. The Hall–Kier alpha value is -1.05. The molecule has 2 nitrogen and oxygen atoms in total. The molecule has 0 aromatic heterocycles. The van der Waals surface area contributed by atoms with Crippen LogP contribution in [0.2, 0.25) is 0 Å². The van der Waals surface area contributed by atoms with E-state index in [9.17, 15) is 4.79 Å². The molecule has 1 aliphatic rings. The zero-order valence-electron chi connectivity index (χ0n) is 9.71. The molecule has 15 heavy (non-hydrogen) atoms. The summed E-state index contributed by atoms with van der Waals surface area (Å²) in [6.45, 7) is 12.0. The first-order valence-electron chi connectivity index (χ1n) is 5.44. The Balaban J connectivity index is 2.74. The maximum atomic E-state index is 11.9. The lowest BCUT2D eigenvalue weighted by Gasteiger charge is -2.38. The molecule has 0 aromatic carbocycles. The van der Waals surface area contributed by atoms with E-state index in [4.69, 9.17) is 4.74 Å². The molecule has 1 aliphatic carbocycles. The average molecular weight is 208 g/mol. The molecule has 0 N–H and O–H groups in total. The number of ether oxygens (including phenoxy) is 1. The zero-order chi connectivity index (χ0) is 11.5. The van der Waals surface area contributed by atoms with Crippen molar-refractivity contribution in [1.82, 2.24) is 0 Å². The van der Waals surface area contributed by atoms with Gasteiger partial charge in [0.05, 0.1) is 5.92 Å². The molecule has 0 aromatic rings. The van der Waals surface area contributed by atoms with Gasteiger partial charge in [-0.25, -0.2) is 0 Å². The molecule has 84 valence electrons. The highest BCUT2D eigenvalue weighted by Crippen LogP contribution is 2.43. The third-order valence-electron chi connectivity index (χ3n) is 3.09. The number of hydrogen-bond donors (Lipinski definition) is 0. The minimum atomic E-state index is -0.149. The van der Waals surface area contributed by atoms with Crippen molar-refractivity contribution in [2.75, 3.05) is 6.61 Å². The van der Waals surface area contributed by atoms with Crippen molar-refractivity contribution in [1.29, 1.82) is 0 Å². The largest absolute Gasteiger partial charge is 0.461 e. The number of carbonyl (C=O) groups excluding carboxylic acids is 1. The second-order valence-electron chi connectivity index (χ2n) is 4.85. The molecule has 0 bridgehead atoms. The predicted molar refractivity (Wildman–Crippen MR) is 61.4 cm³/mol. The van der Waals surface area contributed by atoms with E-state index < -0.39 is 0 Å². The van der Waals surface area contributed by atoms with Gasteiger partial charge in [-0.1, -0.05) is 38.7 Å². The van der Waals surface area contributed by atoms with E-state index in [1.165, 1.54) is 0 Å². The molecule has 0 amide bonds. The lowest BCUT2D eigenvalue weighted by atomic mass is 9.67. The highest BCUT2D eigenvalue weighted by atomic mass is 16.5. The summed E-state index contributed by atoms with van der Waals surface area (Å²) in [4.78, 5) is 11.9. The minimum absolute atomic E-state index is 0.0203. The number of carbonyl (C=O) groups is 1. The Morgan fingerprint density at radius 1 is 1.67 bits per heavy atom. The first kappa shape index (κ1) is 12.0. The van der Waals surface area contributed by atoms with Gasteiger partial charge >= 0.3 is 5.97 Å². The fourth-order valence-corrected chi connectivity index (χ4v) is 2.32. The summed E-state index contributed by atoms with van der Waals surface area (Å²) in [5, 5.41) is 0. The van der Waals surface area contributed by atoms with Gasteiger partial charge in [0.2, 0.25) is 0 Å². The Kier molecular flexibility index (Phi) is 3.72. The van der Waals surface area contributed by atoms with Gasteiger partial charge in [-0.05, 0) is 24.7 Å². The SMILES string of the molecule is C=CCOC(=O)[C@@H]1C(=C)CCCC1(C)C. The van der Waals surface area contributed by atoms with E-state index in [1.54, 1.807) is 6.08 Å². The van der Waals surface area contributed by atoms with Gasteiger partial charge in [-0.2, -0.15) is 0 Å². The van der Waals surface area contributed by atoms with Gasteiger partial charge in [0.25, 0.3) is 0 Å². The monoisotopic (exact) mass is 208 g/mol. The van der Waals surface area contributed by atoms with Crippen LogP contribution in [0.4, 0.5) is 0 Å². The maximum absolute atomic E-state index is 11.9. The van der Waals surface area contributed by atoms with E-state index >= 15 is 0 Å². The normalized spacial score (nSPS) is 24.7. The van der Waals surface area contributed by atoms with Crippen LogP contribution < -0.4 is 0 Å². The molecule has 1 atom stereocenters. The summed E-state index contributed by atoms with van der Waals surface area (Å²) >= 11 is 0. The maximum Gasteiger partial charge on any atom is 0.313 e. The Morgan fingerprint density at radius 2 is 2.33 bits per heavy atom. The fourth-order valence-electron chi connectivity index (χ4n) is 2.32. The fraction of sp³-hybridized carbons (Fsp3) is 0.615. The van der Waals surface area contributed by atoms with E-state index in [-0.39, 0.29) is 17.3 Å². The van der Waals surface area contributed by atoms with E-state index in [0.717, 1.165) is 24.8 Å². The van der Waals surface area contributed by atoms with Crippen molar-refractivity contribution in [2.45, 2.75) is 33.1 Å². The smallest absolute Gasteiger partial charge is 0.313 e. The van der Waals surface area contributed by atoms with E-state index in [1.807, 2.05) is 0 Å². The van der Waals surface area contributed by atoms with Gasteiger partial charge in [0.15, 0.2) is 0 Å². The molecule has 1 rings (SSSR count). The summed E-state index contributed by atoms with van der Waals surface area (Å²) in [7, 11) is 0. The highest BCUT2D eigenvalue weighted by Gasteiger charge is 2.40. The van der Waals surface area contributed by atoms with Crippen molar-refractivity contribution in [3.63, 3.8) is 0 Å². The van der Waals surface area contributed by atoms with Gasteiger partial charge in [-0.15, -0.1) is 0 Å². The van der Waals surface area contributed by atoms with Crippen LogP contribution in [0.25, 0.3) is 0 Å². The molecule has 0 saturated heterocycles. The van der Waals surface area contributed by atoms with Crippen LogP contribution in [0.3, 0.4) is 0 Å². The standard InChI is InChI=1S/C13H20O2/c1-5-9-15-12(14)11-10(2)7-6-8-13(11,3)4/h5,11H,1-2,6-9H2,3-4H3/t11-/m0/s1. The number of rotatable bonds is 3. The van der Waals surface area contributed by atoms with Crippen LogP contribution in [0.15, 0.2) is 24.8 Å². The third kappa shape index (κ3) is 2.71. The highest BCUT2D eigenvalue weighted by molar-refractivity contribution is 5.77. The van der Waals surface area contributed by atoms with Crippen molar-refractivity contribution in [2.24, 2.45) is 11.3 Å². The van der Waals surface area contributed by atoms with E-state index in [2.05, 4.69) is 27.0 Å². The predicted octanol–water partition coefficient (Wildman–Crippen LogP) is 3.10.